The molecule has 0 aromatic carbocycles. The van der Waals surface area contributed by atoms with Crippen LogP contribution >= 0.6 is 0 Å². The zero-order valence-corrected chi connectivity index (χ0v) is 9.77. The molecule has 0 saturated heterocycles. The molecule has 0 radical (unpaired) electrons. The number of aromatic nitrogens is 3. The molecule has 1 aliphatic rings. The smallest absolute Gasteiger partial charge is 0.259 e. The molecular weight excluding hydrogens is 235 g/mol. The van der Waals surface area contributed by atoms with Gasteiger partial charge in [-0.3, -0.25) is 4.98 Å². The van der Waals surface area contributed by atoms with E-state index in [1.807, 2.05) is 0 Å². The Kier molecular flexibility index (Phi) is 2.59. The van der Waals surface area contributed by atoms with Crippen LogP contribution in [0.25, 0.3) is 11.5 Å². The summed E-state index contributed by atoms with van der Waals surface area (Å²) in [6, 6.07) is 1.31. The average molecular weight is 248 g/mol. The Balaban J connectivity index is 1.94. The summed E-state index contributed by atoms with van der Waals surface area (Å²) in [5, 5.41) is 3.91. The predicted octanol–water partition coefficient (Wildman–Crippen LogP) is 2.00. The lowest BCUT2D eigenvalue weighted by Gasteiger charge is -2.17. The van der Waals surface area contributed by atoms with Gasteiger partial charge in [0.15, 0.2) is 5.82 Å². The maximum atomic E-state index is 13.1. The molecule has 3 rings (SSSR count). The average Bonchev–Trinajstić information content (AvgIpc) is 2.98. The molecule has 2 N–H and O–H groups in total. The van der Waals surface area contributed by atoms with E-state index in [0.29, 0.717) is 11.4 Å². The molecule has 6 heteroatoms. The van der Waals surface area contributed by atoms with Gasteiger partial charge in [-0.25, -0.2) is 4.39 Å². The minimum absolute atomic E-state index is 0.258. The largest absolute Gasteiger partial charge is 0.334 e. The highest BCUT2D eigenvalue weighted by molar-refractivity contribution is 5.50. The first-order valence-electron chi connectivity index (χ1n) is 5.91. The minimum Gasteiger partial charge on any atom is -0.334 e. The van der Waals surface area contributed by atoms with Crippen LogP contribution in [0, 0.1) is 5.82 Å². The van der Waals surface area contributed by atoms with Crippen LogP contribution in [0.4, 0.5) is 4.39 Å². The molecule has 1 saturated carbocycles. The van der Waals surface area contributed by atoms with Gasteiger partial charge in [-0.15, -0.1) is 0 Å². The zero-order chi connectivity index (χ0) is 12.6. The summed E-state index contributed by atoms with van der Waals surface area (Å²) in [6.07, 6.45) is 6.46. The molecule has 94 valence electrons. The monoisotopic (exact) mass is 248 g/mol. The van der Waals surface area contributed by atoms with Crippen molar-refractivity contribution in [1.82, 2.24) is 15.1 Å². The van der Waals surface area contributed by atoms with Crippen LogP contribution in [-0.2, 0) is 5.54 Å². The number of hydrogen-bond acceptors (Lipinski definition) is 5. The van der Waals surface area contributed by atoms with E-state index in [1.54, 1.807) is 0 Å². The highest BCUT2D eigenvalue weighted by atomic mass is 19.1. The second-order valence-electron chi connectivity index (χ2n) is 4.68. The van der Waals surface area contributed by atoms with E-state index in [0.717, 1.165) is 31.9 Å². The fraction of sp³-hybridized carbons (Fsp3) is 0.417. The number of hydrogen-bond donors (Lipinski definition) is 1. The van der Waals surface area contributed by atoms with Gasteiger partial charge in [0.05, 0.1) is 17.3 Å². The highest BCUT2D eigenvalue weighted by Crippen LogP contribution is 2.35. The first-order valence-corrected chi connectivity index (χ1v) is 5.91. The Morgan fingerprint density at radius 2 is 2.06 bits per heavy atom. The maximum absolute atomic E-state index is 13.1. The van der Waals surface area contributed by atoms with E-state index in [2.05, 4.69) is 15.1 Å². The molecule has 0 bridgehead atoms. The van der Waals surface area contributed by atoms with Crippen LogP contribution in [0.1, 0.15) is 31.5 Å². The third kappa shape index (κ3) is 1.88. The normalized spacial score (nSPS) is 18.1. The summed E-state index contributed by atoms with van der Waals surface area (Å²) >= 11 is 0. The van der Waals surface area contributed by atoms with Crippen molar-refractivity contribution in [3.8, 4) is 11.5 Å². The van der Waals surface area contributed by atoms with Gasteiger partial charge >= 0.3 is 0 Å². The lowest BCUT2D eigenvalue weighted by molar-refractivity contribution is 0.372. The molecule has 0 atom stereocenters. The maximum Gasteiger partial charge on any atom is 0.259 e. The van der Waals surface area contributed by atoms with Crippen LogP contribution in [0.2, 0.25) is 0 Å². The van der Waals surface area contributed by atoms with Crippen molar-refractivity contribution in [1.29, 1.82) is 0 Å². The van der Waals surface area contributed by atoms with Gasteiger partial charge in [0.1, 0.15) is 5.82 Å². The van der Waals surface area contributed by atoms with Gasteiger partial charge in [0.2, 0.25) is 0 Å². The molecule has 18 heavy (non-hydrogen) atoms. The Labute approximate surface area is 103 Å². The van der Waals surface area contributed by atoms with Crippen molar-refractivity contribution in [2.45, 2.75) is 31.2 Å². The quantitative estimate of drug-likeness (QED) is 0.879. The van der Waals surface area contributed by atoms with Crippen LogP contribution in [0.3, 0.4) is 0 Å². The summed E-state index contributed by atoms with van der Waals surface area (Å²) in [6.45, 7) is 0. The fourth-order valence-corrected chi connectivity index (χ4v) is 2.30. The molecule has 1 aliphatic carbocycles. The molecule has 5 nitrogen and oxygen atoms in total. The predicted molar refractivity (Wildman–Crippen MR) is 61.8 cm³/mol. The third-order valence-electron chi connectivity index (χ3n) is 3.32. The Hall–Kier alpha value is -1.82. The third-order valence-corrected chi connectivity index (χ3v) is 3.32. The van der Waals surface area contributed by atoms with Crippen molar-refractivity contribution in [2.24, 2.45) is 5.73 Å². The Bertz CT molecular complexity index is 563. The van der Waals surface area contributed by atoms with Crippen LogP contribution < -0.4 is 5.73 Å². The van der Waals surface area contributed by atoms with E-state index in [9.17, 15) is 4.39 Å². The molecular formula is C12H13FN4O. The SMILES string of the molecule is NC1(c2noc(-c3cncc(F)c3)n2)CCCC1. The van der Waals surface area contributed by atoms with Gasteiger partial charge in [-0.2, -0.15) is 4.98 Å². The number of rotatable bonds is 2. The summed E-state index contributed by atoms with van der Waals surface area (Å²) in [5.74, 6) is 0.323. The van der Waals surface area contributed by atoms with Gasteiger partial charge in [0, 0.05) is 6.20 Å². The zero-order valence-electron chi connectivity index (χ0n) is 9.77. The number of pyridine rings is 1. The standard InChI is InChI=1S/C12H13FN4O/c13-9-5-8(6-15-7-9)10-16-11(17-18-10)12(14)3-1-2-4-12/h5-7H,1-4,14H2. The number of halogens is 1. The molecule has 0 spiro atoms. The second kappa shape index (κ2) is 4.13. The molecule has 1 fully saturated rings. The molecule has 0 aliphatic heterocycles. The summed E-state index contributed by atoms with van der Waals surface area (Å²) in [7, 11) is 0. The summed E-state index contributed by atoms with van der Waals surface area (Å²) in [4.78, 5) is 8.02. The van der Waals surface area contributed by atoms with Crippen molar-refractivity contribution >= 4 is 0 Å². The first kappa shape index (κ1) is 11.3. The summed E-state index contributed by atoms with van der Waals surface area (Å²) < 4.78 is 18.2. The van der Waals surface area contributed by atoms with Gasteiger partial charge in [-0.1, -0.05) is 18.0 Å². The topological polar surface area (TPSA) is 77.8 Å². The van der Waals surface area contributed by atoms with Crippen molar-refractivity contribution in [3.63, 3.8) is 0 Å². The van der Waals surface area contributed by atoms with E-state index < -0.39 is 11.4 Å². The molecule has 0 amide bonds. The summed E-state index contributed by atoms with van der Waals surface area (Å²) in [5.41, 5.74) is 6.20. The number of nitrogens with zero attached hydrogens (tertiary/aromatic N) is 3. The fourth-order valence-electron chi connectivity index (χ4n) is 2.30. The Morgan fingerprint density at radius 1 is 1.28 bits per heavy atom. The van der Waals surface area contributed by atoms with Crippen LogP contribution in [-0.4, -0.2) is 15.1 Å². The molecule has 2 aromatic rings. The van der Waals surface area contributed by atoms with Crippen LogP contribution in [0.5, 0.6) is 0 Å². The lowest BCUT2D eigenvalue weighted by atomic mass is 9.99. The van der Waals surface area contributed by atoms with E-state index in [1.165, 1.54) is 12.3 Å². The Morgan fingerprint density at radius 3 is 2.78 bits per heavy atom. The lowest BCUT2D eigenvalue weighted by Crippen LogP contribution is -2.34. The van der Waals surface area contributed by atoms with Crippen LogP contribution in [0.15, 0.2) is 23.0 Å². The second-order valence-corrected chi connectivity index (χ2v) is 4.68. The van der Waals surface area contributed by atoms with E-state index in [4.69, 9.17) is 10.3 Å². The molecule has 2 aromatic heterocycles. The van der Waals surface area contributed by atoms with Gasteiger partial charge in [0.25, 0.3) is 5.89 Å². The van der Waals surface area contributed by atoms with Gasteiger partial charge < -0.3 is 10.3 Å². The van der Waals surface area contributed by atoms with Crippen molar-refractivity contribution < 1.29 is 8.91 Å². The van der Waals surface area contributed by atoms with E-state index >= 15 is 0 Å². The highest BCUT2D eigenvalue weighted by Gasteiger charge is 2.36. The van der Waals surface area contributed by atoms with Crippen molar-refractivity contribution in [2.75, 3.05) is 0 Å². The number of nitrogens with two attached hydrogens (primary N) is 1. The first-order chi connectivity index (χ1) is 8.67. The van der Waals surface area contributed by atoms with Crippen molar-refractivity contribution in [3.05, 3.63) is 30.1 Å². The minimum atomic E-state index is -0.498. The van der Waals surface area contributed by atoms with E-state index in [-0.39, 0.29) is 5.89 Å². The van der Waals surface area contributed by atoms with Gasteiger partial charge in [-0.05, 0) is 18.9 Å². The molecule has 2 heterocycles. The molecule has 0 unspecified atom stereocenters.